The number of ether oxygens (including phenoxy) is 2. The molecule has 6 nitrogen and oxygen atoms in total. The van der Waals surface area contributed by atoms with Gasteiger partial charge in [0.15, 0.2) is 9.84 Å². The van der Waals surface area contributed by atoms with E-state index < -0.39 is 15.4 Å². The first kappa shape index (κ1) is 16.6. The number of sulfone groups is 1. The van der Waals surface area contributed by atoms with Gasteiger partial charge in [0.1, 0.15) is 5.60 Å². The van der Waals surface area contributed by atoms with E-state index in [4.69, 9.17) is 9.47 Å². The lowest BCUT2D eigenvalue weighted by molar-refractivity contribution is -0.0973. The molecule has 2 atom stereocenters. The van der Waals surface area contributed by atoms with Crippen molar-refractivity contribution in [2.45, 2.75) is 22.9 Å². The van der Waals surface area contributed by atoms with E-state index >= 15 is 0 Å². The lowest BCUT2D eigenvalue weighted by Crippen LogP contribution is -2.66. The second-order valence-corrected chi connectivity index (χ2v) is 11.1. The maximum Gasteiger partial charge on any atom is 0.156 e. The van der Waals surface area contributed by atoms with E-state index in [1.807, 2.05) is 11.8 Å². The Hall–Kier alpha value is 0.140. The van der Waals surface area contributed by atoms with Gasteiger partial charge in [0.05, 0.1) is 30.3 Å². The molecule has 0 N–H and O–H groups in total. The summed E-state index contributed by atoms with van der Waals surface area (Å²) in [5.74, 6) is 1.48. The smallest absolute Gasteiger partial charge is 0.156 e. The highest BCUT2D eigenvalue weighted by Gasteiger charge is 2.52. The van der Waals surface area contributed by atoms with Gasteiger partial charge in [-0.15, -0.1) is 0 Å². The first-order valence-corrected chi connectivity index (χ1v) is 11.3. The Balaban J connectivity index is 1.32. The van der Waals surface area contributed by atoms with Crippen LogP contribution in [0, 0.1) is 0 Å². The molecule has 0 radical (unpaired) electrons. The van der Waals surface area contributed by atoms with Crippen molar-refractivity contribution in [1.82, 2.24) is 9.80 Å². The molecular weight excluding hydrogens is 336 g/mol. The molecule has 132 valence electrons. The summed E-state index contributed by atoms with van der Waals surface area (Å²) in [5.41, 5.74) is -0.383. The molecular formula is C15H26N2O4S2. The monoisotopic (exact) mass is 362 g/mol. The largest absolute Gasteiger partial charge is 0.371 e. The van der Waals surface area contributed by atoms with Crippen LogP contribution in [0.5, 0.6) is 0 Å². The predicted octanol–water partition coefficient (Wildman–Crippen LogP) is -0.308. The molecule has 4 aliphatic rings. The van der Waals surface area contributed by atoms with Gasteiger partial charge in [0.25, 0.3) is 0 Å². The van der Waals surface area contributed by atoms with E-state index in [2.05, 4.69) is 16.8 Å². The van der Waals surface area contributed by atoms with Gasteiger partial charge in [-0.1, -0.05) is 0 Å². The summed E-state index contributed by atoms with van der Waals surface area (Å²) in [6.45, 7) is 6.23. The highest BCUT2D eigenvalue weighted by atomic mass is 32.2. The average molecular weight is 363 g/mol. The molecule has 0 aromatic carbocycles. The van der Waals surface area contributed by atoms with Gasteiger partial charge in [-0.3, -0.25) is 4.90 Å². The number of rotatable bonds is 2. The summed E-state index contributed by atoms with van der Waals surface area (Å²) in [6, 6.07) is 0. The third kappa shape index (κ3) is 3.43. The summed E-state index contributed by atoms with van der Waals surface area (Å²) >= 11 is 2.02. The number of hydrogen-bond acceptors (Lipinski definition) is 7. The van der Waals surface area contributed by atoms with E-state index in [-0.39, 0.29) is 17.1 Å². The van der Waals surface area contributed by atoms with Crippen molar-refractivity contribution in [1.29, 1.82) is 0 Å². The van der Waals surface area contributed by atoms with Crippen LogP contribution in [-0.4, -0.2) is 105 Å². The summed E-state index contributed by atoms with van der Waals surface area (Å²) in [6.07, 6.45) is 1.10. The average Bonchev–Trinajstić information content (AvgIpc) is 2.78. The van der Waals surface area contributed by atoms with Crippen LogP contribution in [0.25, 0.3) is 0 Å². The Morgan fingerprint density at radius 2 is 1.87 bits per heavy atom. The minimum Gasteiger partial charge on any atom is -0.371 e. The fourth-order valence-corrected chi connectivity index (χ4v) is 7.90. The standard InChI is InChI=1S/C15H26N2O4S2/c1-16-2-4-20-14(8-16)6-13(22-10-14)7-17-3-5-21-15(9-17)11-23(18,19)12-15/h13H,2-12H2,1H3. The lowest BCUT2D eigenvalue weighted by atomic mass is 9.97. The summed E-state index contributed by atoms with van der Waals surface area (Å²) < 4.78 is 35.0. The van der Waals surface area contributed by atoms with Gasteiger partial charge < -0.3 is 14.4 Å². The van der Waals surface area contributed by atoms with Gasteiger partial charge in [-0.2, -0.15) is 11.8 Å². The Kier molecular flexibility index (Phi) is 4.22. The Bertz CT molecular complexity index is 558. The Morgan fingerprint density at radius 1 is 1.13 bits per heavy atom. The maximum absolute atomic E-state index is 11.5. The van der Waals surface area contributed by atoms with Crippen LogP contribution in [0.4, 0.5) is 0 Å². The molecule has 23 heavy (non-hydrogen) atoms. The quantitative estimate of drug-likeness (QED) is 0.668. The molecule has 4 fully saturated rings. The normalized spacial score (nSPS) is 40.5. The molecule has 4 saturated heterocycles. The first-order chi connectivity index (χ1) is 10.9. The molecule has 0 aromatic rings. The molecule has 4 rings (SSSR count). The number of thioether (sulfide) groups is 1. The SMILES string of the molecule is CN1CCOC2(CSC(CN3CCOC4(C3)CS(=O)(=O)C4)C2)C1. The van der Waals surface area contributed by atoms with Crippen LogP contribution < -0.4 is 0 Å². The summed E-state index contributed by atoms with van der Waals surface area (Å²) in [7, 11) is -0.679. The predicted molar refractivity (Wildman–Crippen MR) is 90.8 cm³/mol. The molecule has 4 aliphatic heterocycles. The van der Waals surface area contributed by atoms with E-state index in [1.165, 1.54) is 0 Å². The minimum absolute atomic E-state index is 0.0338. The maximum atomic E-state index is 11.5. The summed E-state index contributed by atoms with van der Waals surface area (Å²) in [5, 5.41) is 0.577. The topological polar surface area (TPSA) is 59.1 Å². The zero-order chi connectivity index (χ0) is 16.1. The van der Waals surface area contributed by atoms with Gasteiger partial charge in [0.2, 0.25) is 0 Å². The molecule has 0 aliphatic carbocycles. The molecule has 0 bridgehead atoms. The first-order valence-electron chi connectivity index (χ1n) is 8.39. The molecule has 2 unspecified atom stereocenters. The van der Waals surface area contributed by atoms with Gasteiger partial charge >= 0.3 is 0 Å². The molecule has 0 amide bonds. The van der Waals surface area contributed by atoms with E-state index in [0.717, 1.165) is 51.5 Å². The zero-order valence-electron chi connectivity index (χ0n) is 13.7. The third-order valence-electron chi connectivity index (χ3n) is 5.38. The minimum atomic E-state index is -2.85. The molecule has 0 saturated carbocycles. The highest BCUT2D eigenvalue weighted by molar-refractivity contribution is 8.00. The second-order valence-electron chi connectivity index (χ2n) is 7.71. The fourth-order valence-electron chi connectivity index (χ4n) is 4.47. The van der Waals surface area contributed by atoms with E-state index in [9.17, 15) is 8.42 Å². The van der Waals surface area contributed by atoms with Gasteiger partial charge in [-0.25, -0.2) is 8.42 Å². The van der Waals surface area contributed by atoms with Crippen LogP contribution >= 0.6 is 11.8 Å². The molecule has 2 spiro atoms. The Morgan fingerprint density at radius 3 is 2.61 bits per heavy atom. The fraction of sp³-hybridized carbons (Fsp3) is 1.00. The van der Waals surface area contributed by atoms with Crippen LogP contribution in [0.15, 0.2) is 0 Å². The third-order valence-corrected chi connectivity index (χ3v) is 8.79. The van der Waals surface area contributed by atoms with Crippen molar-refractivity contribution >= 4 is 21.6 Å². The molecule has 8 heteroatoms. The van der Waals surface area contributed by atoms with Crippen molar-refractivity contribution in [3.05, 3.63) is 0 Å². The number of likely N-dealkylation sites (N-methyl/N-ethyl adjacent to an activating group) is 1. The van der Waals surface area contributed by atoms with E-state index in [0.29, 0.717) is 11.9 Å². The summed E-state index contributed by atoms with van der Waals surface area (Å²) in [4.78, 5) is 4.77. The second kappa shape index (κ2) is 5.85. The lowest BCUT2D eigenvalue weighted by Gasteiger charge is -2.48. The van der Waals surface area contributed by atoms with Crippen molar-refractivity contribution in [3.8, 4) is 0 Å². The zero-order valence-corrected chi connectivity index (χ0v) is 15.3. The van der Waals surface area contributed by atoms with Crippen LogP contribution in [0.3, 0.4) is 0 Å². The molecule has 4 heterocycles. The van der Waals surface area contributed by atoms with Crippen molar-refractivity contribution in [2.75, 3.05) is 70.2 Å². The van der Waals surface area contributed by atoms with Crippen LogP contribution in [0.1, 0.15) is 6.42 Å². The van der Waals surface area contributed by atoms with Crippen LogP contribution in [0.2, 0.25) is 0 Å². The van der Waals surface area contributed by atoms with Crippen molar-refractivity contribution in [2.24, 2.45) is 0 Å². The number of nitrogens with zero attached hydrogens (tertiary/aromatic N) is 2. The van der Waals surface area contributed by atoms with Crippen molar-refractivity contribution < 1.29 is 17.9 Å². The number of morpholine rings is 2. The van der Waals surface area contributed by atoms with Crippen LogP contribution in [-0.2, 0) is 19.3 Å². The Labute approximate surface area is 142 Å². The van der Waals surface area contributed by atoms with E-state index in [1.54, 1.807) is 0 Å². The molecule has 0 aromatic heterocycles. The van der Waals surface area contributed by atoms with Crippen molar-refractivity contribution in [3.63, 3.8) is 0 Å². The van der Waals surface area contributed by atoms with Gasteiger partial charge in [0, 0.05) is 43.7 Å². The van der Waals surface area contributed by atoms with Gasteiger partial charge in [-0.05, 0) is 13.5 Å². The number of hydrogen-bond donors (Lipinski definition) is 0. The highest BCUT2D eigenvalue weighted by Crippen LogP contribution is 2.40.